The third-order valence-electron chi connectivity index (χ3n) is 2.74. The largest absolute Gasteiger partial charge is 0.396 e. The molecule has 0 unspecified atom stereocenters. The Morgan fingerprint density at radius 1 is 0.867 bits per heavy atom. The smallest absolute Gasteiger partial charge is 0.157 e. The van der Waals surface area contributed by atoms with Gasteiger partial charge in [0.2, 0.25) is 0 Å². The Bertz CT molecular complexity index is 129. The normalized spacial score (nSPS) is 20.6. The third kappa shape index (κ3) is 6.88. The number of unbranched alkanes of at least 4 members (excludes halogenated alkanes) is 2. The zero-order chi connectivity index (χ0) is 10.8. The molecule has 1 N–H and O–H groups in total. The lowest BCUT2D eigenvalue weighted by Crippen LogP contribution is -2.18. The molecule has 1 rings (SSSR count). The third-order valence-corrected chi connectivity index (χ3v) is 2.74. The average molecular weight is 216 g/mol. The molecule has 1 fully saturated rings. The zero-order valence-corrected chi connectivity index (χ0v) is 9.62. The Balaban J connectivity index is 2.07. The number of ether oxygens (including phenoxy) is 2. The second kappa shape index (κ2) is 9.13. The summed E-state index contributed by atoms with van der Waals surface area (Å²) in [5, 5.41) is 8.66. The van der Waals surface area contributed by atoms with Crippen LogP contribution in [0.2, 0.25) is 0 Å². The summed E-state index contributed by atoms with van der Waals surface area (Å²) >= 11 is 0. The highest BCUT2D eigenvalue weighted by Gasteiger charge is 2.10. The van der Waals surface area contributed by atoms with E-state index in [0.29, 0.717) is 6.61 Å². The highest BCUT2D eigenvalue weighted by atomic mass is 16.7. The lowest BCUT2D eigenvalue weighted by molar-refractivity contribution is -0.144. The van der Waals surface area contributed by atoms with Gasteiger partial charge >= 0.3 is 0 Å². The van der Waals surface area contributed by atoms with Gasteiger partial charge in [-0.1, -0.05) is 19.3 Å². The SMILES string of the molecule is OCCCCCC1OCCCCCCO1. The zero-order valence-electron chi connectivity index (χ0n) is 9.62. The van der Waals surface area contributed by atoms with Crippen molar-refractivity contribution in [3.63, 3.8) is 0 Å². The van der Waals surface area contributed by atoms with E-state index in [1.807, 2.05) is 0 Å². The fourth-order valence-corrected chi connectivity index (χ4v) is 1.80. The monoisotopic (exact) mass is 216 g/mol. The molecular formula is C12H24O3. The van der Waals surface area contributed by atoms with Gasteiger partial charge in [-0.05, 0) is 32.1 Å². The van der Waals surface area contributed by atoms with E-state index < -0.39 is 0 Å². The minimum absolute atomic E-state index is 0.00166. The molecule has 1 heterocycles. The first kappa shape index (κ1) is 12.9. The molecule has 0 amide bonds. The number of aliphatic hydroxyl groups excluding tert-OH is 1. The van der Waals surface area contributed by atoms with Crippen LogP contribution in [-0.2, 0) is 9.47 Å². The molecule has 0 saturated carbocycles. The summed E-state index contributed by atoms with van der Waals surface area (Å²) in [4.78, 5) is 0. The summed E-state index contributed by atoms with van der Waals surface area (Å²) in [5.41, 5.74) is 0. The molecule has 0 aromatic carbocycles. The van der Waals surface area contributed by atoms with Crippen LogP contribution in [0.4, 0.5) is 0 Å². The van der Waals surface area contributed by atoms with Crippen LogP contribution in [-0.4, -0.2) is 31.2 Å². The van der Waals surface area contributed by atoms with Gasteiger partial charge in [0.25, 0.3) is 0 Å². The lowest BCUT2D eigenvalue weighted by atomic mass is 10.2. The van der Waals surface area contributed by atoms with Gasteiger partial charge in [-0.2, -0.15) is 0 Å². The van der Waals surface area contributed by atoms with Crippen LogP contribution in [0.1, 0.15) is 51.4 Å². The molecule has 0 aromatic rings. The van der Waals surface area contributed by atoms with Crippen molar-refractivity contribution in [3.8, 4) is 0 Å². The van der Waals surface area contributed by atoms with E-state index >= 15 is 0 Å². The van der Waals surface area contributed by atoms with Crippen molar-refractivity contribution in [1.82, 2.24) is 0 Å². The molecule has 3 heteroatoms. The van der Waals surface area contributed by atoms with Gasteiger partial charge in [0.05, 0.1) is 0 Å². The van der Waals surface area contributed by atoms with Crippen molar-refractivity contribution in [2.24, 2.45) is 0 Å². The van der Waals surface area contributed by atoms with Crippen LogP contribution >= 0.6 is 0 Å². The van der Waals surface area contributed by atoms with Gasteiger partial charge in [0.15, 0.2) is 6.29 Å². The van der Waals surface area contributed by atoms with Crippen molar-refractivity contribution >= 4 is 0 Å². The highest BCUT2D eigenvalue weighted by molar-refractivity contribution is 4.52. The van der Waals surface area contributed by atoms with Crippen molar-refractivity contribution in [1.29, 1.82) is 0 Å². The Hall–Kier alpha value is -0.120. The molecule has 15 heavy (non-hydrogen) atoms. The Labute approximate surface area is 92.8 Å². The predicted molar refractivity (Wildman–Crippen MR) is 59.7 cm³/mol. The maximum Gasteiger partial charge on any atom is 0.157 e. The van der Waals surface area contributed by atoms with E-state index in [1.54, 1.807) is 0 Å². The van der Waals surface area contributed by atoms with Crippen LogP contribution in [0.3, 0.4) is 0 Å². The summed E-state index contributed by atoms with van der Waals surface area (Å²) in [5.74, 6) is 0. The van der Waals surface area contributed by atoms with Crippen molar-refractivity contribution < 1.29 is 14.6 Å². The summed E-state index contributed by atoms with van der Waals surface area (Å²) < 4.78 is 11.3. The second-order valence-electron chi connectivity index (χ2n) is 4.16. The van der Waals surface area contributed by atoms with Crippen LogP contribution in [0.5, 0.6) is 0 Å². The Morgan fingerprint density at radius 3 is 2.13 bits per heavy atom. The van der Waals surface area contributed by atoms with E-state index in [0.717, 1.165) is 51.7 Å². The quantitative estimate of drug-likeness (QED) is 0.717. The lowest BCUT2D eigenvalue weighted by Gasteiger charge is -2.17. The molecule has 1 saturated heterocycles. The van der Waals surface area contributed by atoms with Crippen molar-refractivity contribution in [3.05, 3.63) is 0 Å². The average Bonchev–Trinajstić information content (AvgIpc) is 2.38. The summed E-state index contributed by atoms with van der Waals surface area (Å²) in [6.07, 6.45) is 8.88. The summed E-state index contributed by atoms with van der Waals surface area (Å²) in [6, 6.07) is 0. The van der Waals surface area contributed by atoms with Gasteiger partial charge in [-0.3, -0.25) is 0 Å². The molecule has 1 aliphatic rings. The predicted octanol–water partition coefficient (Wildman–Crippen LogP) is 2.47. The Kier molecular flexibility index (Phi) is 7.88. The van der Waals surface area contributed by atoms with Crippen molar-refractivity contribution in [2.45, 2.75) is 57.7 Å². The molecule has 0 atom stereocenters. The molecule has 90 valence electrons. The first-order valence-corrected chi connectivity index (χ1v) is 6.27. The first-order valence-electron chi connectivity index (χ1n) is 6.27. The molecule has 1 aliphatic heterocycles. The molecule has 0 bridgehead atoms. The summed E-state index contributed by atoms with van der Waals surface area (Å²) in [6.45, 7) is 1.97. The maximum atomic E-state index is 8.66. The van der Waals surface area contributed by atoms with Gasteiger partial charge in [-0.25, -0.2) is 0 Å². The van der Waals surface area contributed by atoms with Crippen molar-refractivity contribution in [2.75, 3.05) is 19.8 Å². The van der Waals surface area contributed by atoms with Crippen LogP contribution in [0, 0.1) is 0 Å². The van der Waals surface area contributed by atoms with Gasteiger partial charge in [-0.15, -0.1) is 0 Å². The minimum atomic E-state index is 0.00166. The fourth-order valence-electron chi connectivity index (χ4n) is 1.80. The maximum absolute atomic E-state index is 8.66. The molecule has 0 aliphatic carbocycles. The number of aliphatic hydroxyl groups is 1. The van der Waals surface area contributed by atoms with E-state index in [4.69, 9.17) is 14.6 Å². The molecule has 0 spiro atoms. The second-order valence-corrected chi connectivity index (χ2v) is 4.16. The topological polar surface area (TPSA) is 38.7 Å². The van der Waals surface area contributed by atoms with Gasteiger partial charge in [0, 0.05) is 19.8 Å². The number of rotatable bonds is 5. The molecular weight excluding hydrogens is 192 g/mol. The Morgan fingerprint density at radius 2 is 1.53 bits per heavy atom. The van der Waals surface area contributed by atoms with Crippen LogP contribution in [0.25, 0.3) is 0 Å². The first-order chi connectivity index (χ1) is 7.43. The molecule has 0 aromatic heterocycles. The van der Waals surface area contributed by atoms with E-state index in [1.165, 1.54) is 12.8 Å². The van der Waals surface area contributed by atoms with Gasteiger partial charge in [0.1, 0.15) is 0 Å². The fraction of sp³-hybridized carbons (Fsp3) is 1.00. The minimum Gasteiger partial charge on any atom is -0.396 e. The summed E-state index contributed by atoms with van der Waals surface area (Å²) in [7, 11) is 0. The van der Waals surface area contributed by atoms with Crippen LogP contribution < -0.4 is 0 Å². The number of hydrogen-bond acceptors (Lipinski definition) is 3. The van der Waals surface area contributed by atoms with E-state index in [2.05, 4.69) is 0 Å². The molecule has 0 radical (unpaired) electrons. The van der Waals surface area contributed by atoms with E-state index in [9.17, 15) is 0 Å². The van der Waals surface area contributed by atoms with Crippen LogP contribution in [0.15, 0.2) is 0 Å². The standard InChI is InChI=1S/C12H24O3/c13-9-5-3-4-8-12-14-10-6-1-2-7-11-15-12/h12-13H,1-11H2. The van der Waals surface area contributed by atoms with Gasteiger partial charge < -0.3 is 14.6 Å². The number of hydrogen-bond donors (Lipinski definition) is 1. The highest BCUT2D eigenvalue weighted by Crippen LogP contribution is 2.13. The molecule has 3 nitrogen and oxygen atoms in total. The van der Waals surface area contributed by atoms with E-state index in [-0.39, 0.29) is 6.29 Å².